The predicted molar refractivity (Wildman–Crippen MR) is 124 cm³/mol. The number of carbonyl (C=O) groups excluding carboxylic acids is 2. The zero-order chi connectivity index (χ0) is 24.0. The molecule has 2 amide bonds. The number of carbonyl (C=O) groups is 2. The number of nitrogens with zero attached hydrogens (tertiary/aromatic N) is 4. The van der Waals surface area contributed by atoms with Crippen molar-refractivity contribution in [3.63, 3.8) is 0 Å². The van der Waals surface area contributed by atoms with Gasteiger partial charge in [-0.1, -0.05) is 31.5 Å². The molecule has 1 aromatic carbocycles. The fraction of sp³-hybridized carbons (Fsp3) is 0.429. The second-order valence-corrected chi connectivity index (χ2v) is 9.86. The molecule has 1 fully saturated rings. The Morgan fingerprint density at radius 3 is 2.39 bits per heavy atom. The van der Waals surface area contributed by atoms with Gasteiger partial charge in [-0.2, -0.15) is 4.31 Å². The van der Waals surface area contributed by atoms with Crippen molar-refractivity contribution in [3.8, 4) is 0 Å². The van der Waals surface area contributed by atoms with Crippen molar-refractivity contribution in [3.05, 3.63) is 47.1 Å². The van der Waals surface area contributed by atoms with Crippen LogP contribution in [-0.4, -0.2) is 60.9 Å². The first kappa shape index (κ1) is 24.9. The molecule has 2 aromatic rings. The molecule has 2 N–H and O–H groups in total. The minimum atomic E-state index is -3.69. The lowest BCUT2D eigenvalue weighted by molar-refractivity contribution is -0.126. The maximum atomic E-state index is 12.7. The summed E-state index contributed by atoms with van der Waals surface area (Å²) in [5, 5.41) is 8.20. The largest absolute Gasteiger partial charge is 0.355 e. The second-order valence-electron chi connectivity index (χ2n) is 7.54. The van der Waals surface area contributed by atoms with Crippen molar-refractivity contribution in [2.24, 2.45) is 5.92 Å². The van der Waals surface area contributed by atoms with Gasteiger partial charge in [0.25, 0.3) is 5.91 Å². The average Bonchev–Trinajstić information content (AvgIpc) is 2.83. The zero-order valence-corrected chi connectivity index (χ0v) is 20.1. The molecule has 0 aliphatic carbocycles. The number of amides is 2. The van der Waals surface area contributed by atoms with Crippen LogP contribution in [-0.2, 0) is 14.8 Å². The molecule has 2 heterocycles. The molecule has 0 bridgehead atoms. The maximum Gasteiger partial charge on any atom is 0.269 e. The van der Waals surface area contributed by atoms with E-state index in [2.05, 4.69) is 21.0 Å². The SMILES string of the molecule is CCN(CC)S(=O)(=O)c1cccc(C(=O)NNC(=O)C2CCN(c3ccc(Cl)nn3)CC2)c1. The van der Waals surface area contributed by atoms with Crippen molar-refractivity contribution in [2.45, 2.75) is 31.6 Å². The molecule has 12 heteroatoms. The highest BCUT2D eigenvalue weighted by Gasteiger charge is 2.27. The molecule has 10 nitrogen and oxygen atoms in total. The van der Waals surface area contributed by atoms with Gasteiger partial charge >= 0.3 is 0 Å². The van der Waals surface area contributed by atoms with E-state index in [1.54, 1.807) is 26.0 Å². The lowest BCUT2D eigenvalue weighted by atomic mass is 9.96. The summed E-state index contributed by atoms with van der Waals surface area (Å²) in [5.74, 6) is -0.451. The molecule has 0 radical (unpaired) electrons. The van der Waals surface area contributed by atoms with Gasteiger partial charge in [0, 0.05) is 37.7 Å². The van der Waals surface area contributed by atoms with Gasteiger partial charge in [-0.05, 0) is 43.2 Å². The summed E-state index contributed by atoms with van der Waals surface area (Å²) >= 11 is 5.77. The van der Waals surface area contributed by atoms with E-state index in [0.29, 0.717) is 50.0 Å². The normalized spacial score (nSPS) is 14.8. The molecule has 33 heavy (non-hydrogen) atoms. The topological polar surface area (TPSA) is 125 Å². The number of benzene rings is 1. The van der Waals surface area contributed by atoms with E-state index >= 15 is 0 Å². The highest BCUT2D eigenvalue weighted by Crippen LogP contribution is 2.22. The number of sulfonamides is 1. The van der Waals surface area contributed by atoms with E-state index in [1.165, 1.54) is 28.6 Å². The van der Waals surface area contributed by atoms with Gasteiger partial charge in [0.05, 0.1) is 4.90 Å². The van der Waals surface area contributed by atoms with Gasteiger partial charge in [-0.3, -0.25) is 20.4 Å². The summed E-state index contributed by atoms with van der Waals surface area (Å²) < 4.78 is 26.7. The van der Waals surface area contributed by atoms with Crippen LogP contribution in [0.2, 0.25) is 5.15 Å². The third-order valence-electron chi connectivity index (χ3n) is 5.55. The molecular formula is C21H27ClN6O4S. The number of aromatic nitrogens is 2. The van der Waals surface area contributed by atoms with Gasteiger partial charge in [-0.25, -0.2) is 8.42 Å². The van der Waals surface area contributed by atoms with Crippen molar-refractivity contribution >= 4 is 39.3 Å². The second kappa shape index (κ2) is 10.9. The van der Waals surface area contributed by atoms with Crippen LogP contribution in [0.5, 0.6) is 0 Å². The molecule has 1 aliphatic rings. The lowest BCUT2D eigenvalue weighted by Gasteiger charge is -2.31. The Hall–Kier alpha value is -2.76. The van der Waals surface area contributed by atoms with Crippen LogP contribution >= 0.6 is 11.6 Å². The molecule has 0 atom stereocenters. The minimum Gasteiger partial charge on any atom is -0.355 e. The van der Waals surface area contributed by atoms with Gasteiger partial charge in [0.1, 0.15) is 0 Å². The van der Waals surface area contributed by atoms with Crippen molar-refractivity contribution in [1.82, 2.24) is 25.4 Å². The first-order chi connectivity index (χ1) is 15.8. The number of hydrazine groups is 1. The van der Waals surface area contributed by atoms with Crippen LogP contribution in [0.25, 0.3) is 0 Å². The van der Waals surface area contributed by atoms with E-state index in [1.807, 2.05) is 4.90 Å². The Labute approximate surface area is 198 Å². The number of halogens is 1. The summed E-state index contributed by atoms with van der Waals surface area (Å²) in [6.07, 6.45) is 1.17. The number of nitrogens with one attached hydrogen (secondary N) is 2. The number of hydrogen-bond donors (Lipinski definition) is 2. The van der Waals surface area contributed by atoms with Gasteiger partial charge in [-0.15, -0.1) is 10.2 Å². The number of piperidine rings is 1. The van der Waals surface area contributed by atoms with E-state index < -0.39 is 15.9 Å². The lowest BCUT2D eigenvalue weighted by Crippen LogP contribution is -2.47. The van der Waals surface area contributed by atoms with Crippen LogP contribution in [0.3, 0.4) is 0 Å². The van der Waals surface area contributed by atoms with Crippen LogP contribution < -0.4 is 15.8 Å². The van der Waals surface area contributed by atoms with E-state index in [9.17, 15) is 18.0 Å². The molecule has 178 valence electrons. The molecule has 0 saturated carbocycles. The molecule has 1 aromatic heterocycles. The van der Waals surface area contributed by atoms with Gasteiger partial charge < -0.3 is 4.90 Å². The van der Waals surface area contributed by atoms with E-state index in [-0.39, 0.29) is 22.3 Å². The summed E-state index contributed by atoms with van der Waals surface area (Å²) in [4.78, 5) is 27.1. The van der Waals surface area contributed by atoms with Crippen LogP contribution in [0.1, 0.15) is 37.0 Å². The van der Waals surface area contributed by atoms with Crippen LogP contribution in [0.4, 0.5) is 5.82 Å². The Kier molecular flexibility index (Phi) is 8.22. The summed E-state index contributed by atoms with van der Waals surface area (Å²) in [7, 11) is -3.69. The summed E-state index contributed by atoms with van der Waals surface area (Å²) in [6, 6.07) is 9.20. The van der Waals surface area contributed by atoms with Crippen molar-refractivity contribution in [2.75, 3.05) is 31.1 Å². The summed E-state index contributed by atoms with van der Waals surface area (Å²) in [6.45, 7) is 5.39. The fourth-order valence-electron chi connectivity index (χ4n) is 3.65. The molecule has 3 rings (SSSR count). The smallest absolute Gasteiger partial charge is 0.269 e. The molecule has 0 spiro atoms. The Balaban J connectivity index is 1.55. The average molecular weight is 495 g/mol. The first-order valence-electron chi connectivity index (χ1n) is 10.7. The van der Waals surface area contributed by atoms with E-state index in [4.69, 9.17) is 11.6 Å². The highest BCUT2D eigenvalue weighted by atomic mass is 35.5. The van der Waals surface area contributed by atoms with E-state index in [0.717, 1.165) is 0 Å². The third-order valence-corrected chi connectivity index (χ3v) is 7.79. The first-order valence-corrected chi connectivity index (χ1v) is 12.5. The number of hydrogen-bond acceptors (Lipinski definition) is 7. The zero-order valence-electron chi connectivity index (χ0n) is 18.5. The van der Waals surface area contributed by atoms with Crippen LogP contribution in [0, 0.1) is 5.92 Å². The Morgan fingerprint density at radius 2 is 1.79 bits per heavy atom. The monoisotopic (exact) mass is 494 g/mol. The predicted octanol–water partition coefficient (Wildman–Crippen LogP) is 1.84. The number of rotatable bonds is 7. The third kappa shape index (κ3) is 5.98. The molecular weight excluding hydrogens is 468 g/mol. The Bertz CT molecular complexity index is 1080. The van der Waals surface area contributed by atoms with Crippen molar-refractivity contribution < 1.29 is 18.0 Å². The molecule has 0 unspecified atom stereocenters. The fourth-order valence-corrected chi connectivity index (χ4v) is 5.26. The quantitative estimate of drug-likeness (QED) is 0.562. The molecule has 1 aliphatic heterocycles. The Morgan fingerprint density at radius 1 is 1.09 bits per heavy atom. The summed E-state index contributed by atoms with van der Waals surface area (Å²) in [5.41, 5.74) is 4.98. The van der Waals surface area contributed by atoms with Crippen LogP contribution in [0.15, 0.2) is 41.3 Å². The van der Waals surface area contributed by atoms with Gasteiger partial charge in [0.2, 0.25) is 15.9 Å². The maximum absolute atomic E-state index is 12.7. The van der Waals surface area contributed by atoms with Gasteiger partial charge in [0.15, 0.2) is 11.0 Å². The highest BCUT2D eigenvalue weighted by molar-refractivity contribution is 7.89. The molecule has 1 saturated heterocycles. The number of anilines is 1. The van der Waals surface area contributed by atoms with Crippen molar-refractivity contribution in [1.29, 1.82) is 0 Å². The standard InChI is InChI=1S/C21H27ClN6O4S/c1-3-28(4-2)33(31,32)17-7-5-6-16(14-17)21(30)26-25-20(29)15-10-12-27(13-11-15)19-9-8-18(22)23-24-19/h5-9,14-15H,3-4,10-13H2,1-2H3,(H,25,29)(H,26,30). The minimum absolute atomic E-state index is 0.0304.